The van der Waals surface area contributed by atoms with Gasteiger partial charge in [-0.1, -0.05) is 11.8 Å². The molecular weight excluding hydrogens is 222 g/mol. The number of hydrogen-bond acceptors (Lipinski definition) is 4. The smallest absolute Gasteiger partial charge is 0.285 e. The van der Waals surface area contributed by atoms with Crippen LogP contribution in [0.3, 0.4) is 0 Å². The van der Waals surface area contributed by atoms with E-state index in [1.54, 1.807) is 0 Å². The summed E-state index contributed by atoms with van der Waals surface area (Å²) in [4.78, 5) is 31.3. The Morgan fingerprint density at radius 2 is 2.24 bits per heavy atom. The van der Waals surface area contributed by atoms with Gasteiger partial charge in [0.1, 0.15) is 11.8 Å². The predicted octanol–water partition coefficient (Wildman–Crippen LogP) is 1.74. The zero-order chi connectivity index (χ0) is 12.8. The Morgan fingerprint density at radius 3 is 2.76 bits per heavy atom. The van der Waals surface area contributed by atoms with Crippen LogP contribution < -0.4 is 0 Å². The number of nitro benzene ring substituents is 1. The van der Waals surface area contributed by atoms with Crippen molar-refractivity contribution in [1.29, 1.82) is 0 Å². The average Bonchev–Trinajstić information content (AvgIpc) is 2.29. The highest BCUT2D eigenvalue weighted by atomic mass is 16.6. The molecule has 1 rings (SSSR count). The SMILES string of the molecule is CC(=O)c1ccc(C#CCC=O)c([N+](=O)[O-])c1. The van der Waals surface area contributed by atoms with Gasteiger partial charge in [0.15, 0.2) is 5.78 Å². The highest BCUT2D eigenvalue weighted by Crippen LogP contribution is 2.19. The molecule has 0 spiro atoms. The summed E-state index contributed by atoms with van der Waals surface area (Å²) in [6.07, 6.45) is 0.633. The van der Waals surface area contributed by atoms with Gasteiger partial charge in [-0.3, -0.25) is 14.9 Å². The molecule has 0 fully saturated rings. The van der Waals surface area contributed by atoms with E-state index in [4.69, 9.17) is 0 Å². The number of carbonyl (C=O) groups excluding carboxylic acids is 2. The van der Waals surface area contributed by atoms with E-state index in [-0.39, 0.29) is 29.0 Å². The Labute approximate surface area is 97.6 Å². The van der Waals surface area contributed by atoms with Crippen molar-refractivity contribution in [2.24, 2.45) is 0 Å². The largest absolute Gasteiger partial charge is 0.302 e. The first kappa shape index (κ1) is 12.6. The number of benzene rings is 1. The van der Waals surface area contributed by atoms with Crippen molar-refractivity contribution < 1.29 is 14.5 Å². The zero-order valence-corrected chi connectivity index (χ0v) is 9.10. The maximum atomic E-state index is 11.1. The Balaban J connectivity index is 3.23. The van der Waals surface area contributed by atoms with Crippen molar-refractivity contribution in [1.82, 2.24) is 0 Å². The van der Waals surface area contributed by atoms with Crippen molar-refractivity contribution in [3.8, 4) is 11.8 Å². The quantitative estimate of drug-likeness (QED) is 0.261. The van der Waals surface area contributed by atoms with E-state index in [0.29, 0.717) is 6.29 Å². The molecule has 0 heterocycles. The minimum Gasteiger partial charge on any atom is -0.302 e. The molecule has 0 amide bonds. The highest BCUT2D eigenvalue weighted by molar-refractivity contribution is 5.95. The van der Waals surface area contributed by atoms with E-state index in [9.17, 15) is 19.7 Å². The predicted molar refractivity (Wildman–Crippen MR) is 60.7 cm³/mol. The van der Waals surface area contributed by atoms with Gasteiger partial charge in [0.25, 0.3) is 5.69 Å². The minimum atomic E-state index is -0.600. The molecule has 0 aliphatic heterocycles. The number of nitro groups is 1. The van der Waals surface area contributed by atoms with Crippen LogP contribution in [-0.4, -0.2) is 17.0 Å². The molecule has 0 aliphatic rings. The monoisotopic (exact) mass is 231 g/mol. The highest BCUT2D eigenvalue weighted by Gasteiger charge is 2.14. The van der Waals surface area contributed by atoms with Gasteiger partial charge >= 0.3 is 0 Å². The van der Waals surface area contributed by atoms with Crippen LogP contribution in [0.15, 0.2) is 18.2 Å². The van der Waals surface area contributed by atoms with Crippen LogP contribution in [0.1, 0.15) is 29.3 Å². The van der Waals surface area contributed by atoms with Crippen molar-refractivity contribution >= 4 is 17.8 Å². The molecule has 1 aromatic rings. The first-order valence-corrected chi connectivity index (χ1v) is 4.78. The molecule has 0 aliphatic carbocycles. The molecule has 0 saturated carbocycles. The lowest BCUT2D eigenvalue weighted by Gasteiger charge is -1.98. The summed E-state index contributed by atoms with van der Waals surface area (Å²) in [5.74, 6) is 4.77. The molecule has 0 aromatic heterocycles. The third-order valence-corrected chi connectivity index (χ3v) is 2.01. The molecule has 1 aromatic carbocycles. The molecule has 86 valence electrons. The van der Waals surface area contributed by atoms with Crippen molar-refractivity contribution in [2.45, 2.75) is 13.3 Å². The maximum Gasteiger partial charge on any atom is 0.285 e. The number of rotatable bonds is 3. The Kier molecular flexibility index (Phi) is 4.12. The summed E-state index contributed by atoms with van der Waals surface area (Å²) in [6, 6.07) is 4.07. The number of carbonyl (C=O) groups is 2. The molecule has 0 unspecified atom stereocenters. The Morgan fingerprint density at radius 1 is 1.53 bits per heavy atom. The molecule has 5 heteroatoms. The van der Waals surface area contributed by atoms with Crippen molar-refractivity contribution in [2.75, 3.05) is 0 Å². The molecule has 0 radical (unpaired) electrons. The van der Waals surface area contributed by atoms with Crippen LogP contribution in [-0.2, 0) is 4.79 Å². The van der Waals surface area contributed by atoms with E-state index < -0.39 is 4.92 Å². The standard InChI is InChI=1S/C12H9NO4/c1-9(15)11-6-5-10(4-2-3-7-14)12(8-11)13(16)17/h5-8H,3H2,1H3. The van der Waals surface area contributed by atoms with E-state index in [0.717, 1.165) is 0 Å². The number of aldehydes is 1. The fourth-order valence-corrected chi connectivity index (χ4v) is 1.20. The van der Waals surface area contributed by atoms with Gasteiger partial charge < -0.3 is 4.79 Å². The second-order valence-corrected chi connectivity index (χ2v) is 3.22. The first-order valence-electron chi connectivity index (χ1n) is 4.78. The normalized spacial score (nSPS) is 9.00. The van der Waals surface area contributed by atoms with Crippen LogP contribution in [0.4, 0.5) is 5.69 Å². The fraction of sp³-hybridized carbons (Fsp3) is 0.167. The first-order chi connectivity index (χ1) is 8.06. The molecule has 17 heavy (non-hydrogen) atoms. The molecule has 0 saturated heterocycles. The zero-order valence-electron chi connectivity index (χ0n) is 9.10. The van der Waals surface area contributed by atoms with Crippen LogP contribution in [0.5, 0.6) is 0 Å². The summed E-state index contributed by atoms with van der Waals surface area (Å²) < 4.78 is 0. The molecular formula is C12H9NO4. The fourth-order valence-electron chi connectivity index (χ4n) is 1.20. The lowest BCUT2D eigenvalue weighted by molar-refractivity contribution is -0.385. The number of nitrogens with zero attached hydrogens (tertiary/aromatic N) is 1. The van der Waals surface area contributed by atoms with Gasteiger partial charge in [0, 0.05) is 11.6 Å². The second kappa shape index (κ2) is 5.56. The van der Waals surface area contributed by atoms with Crippen molar-refractivity contribution in [3.63, 3.8) is 0 Å². The van der Waals surface area contributed by atoms with Crippen LogP contribution in [0, 0.1) is 22.0 Å². The Hall–Kier alpha value is -2.48. The van der Waals surface area contributed by atoms with E-state index >= 15 is 0 Å². The van der Waals surface area contributed by atoms with Gasteiger partial charge in [-0.05, 0) is 19.1 Å². The molecule has 5 nitrogen and oxygen atoms in total. The van der Waals surface area contributed by atoms with E-state index in [2.05, 4.69) is 11.8 Å². The van der Waals surface area contributed by atoms with Gasteiger partial charge in [-0.25, -0.2) is 0 Å². The summed E-state index contributed by atoms with van der Waals surface area (Å²) in [5.41, 5.74) is 0.232. The molecule has 0 atom stereocenters. The summed E-state index contributed by atoms with van der Waals surface area (Å²) in [7, 11) is 0. The van der Waals surface area contributed by atoms with Crippen LogP contribution in [0.25, 0.3) is 0 Å². The lowest BCUT2D eigenvalue weighted by atomic mass is 10.1. The summed E-state index contributed by atoms with van der Waals surface area (Å²) in [5, 5.41) is 10.8. The topological polar surface area (TPSA) is 77.3 Å². The van der Waals surface area contributed by atoms with Crippen LogP contribution >= 0.6 is 0 Å². The van der Waals surface area contributed by atoms with Gasteiger partial charge in [-0.2, -0.15) is 0 Å². The van der Waals surface area contributed by atoms with Gasteiger partial charge in [0.2, 0.25) is 0 Å². The Bertz CT molecular complexity index is 537. The average molecular weight is 231 g/mol. The number of hydrogen-bond donors (Lipinski definition) is 0. The second-order valence-electron chi connectivity index (χ2n) is 3.22. The summed E-state index contributed by atoms with van der Waals surface area (Å²) in [6.45, 7) is 1.33. The maximum absolute atomic E-state index is 11.1. The number of ketones is 1. The minimum absolute atomic E-state index is 0.0195. The summed E-state index contributed by atoms with van der Waals surface area (Å²) >= 11 is 0. The van der Waals surface area contributed by atoms with Gasteiger partial charge in [0.05, 0.1) is 11.3 Å². The lowest BCUT2D eigenvalue weighted by Crippen LogP contribution is -1.97. The number of Topliss-reactive ketones (excluding diaryl/α,β-unsaturated/α-hetero) is 1. The molecule has 0 N–H and O–H groups in total. The van der Waals surface area contributed by atoms with Crippen molar-refractivity contribution in [3.05, 3.63) is 39.4 Å². The molecule has 0 bridgehead atoms. The van der Waals surface area contributed by atoms with Gasteiger partial charge in [-0.15, -0.1) is 0 Å². The van der Waals surface area contributed by atoms with E-state index in [1.807, 2.05) is 0 Å². The third-order valence-electron chi connectivity index (χ3n) is 2.01. The van der Waals surface area contributed by atoms with E-state index in [1.165, 1.54) is 25.1 Å². The third kappa shape index (κ3) is 3.24. The van der Waals surface area contributed by atoms with Crippen LogP contribution in [0.2, 0.25) is 0 Å².